The number of hydrogen-bond acceptors (Lipinski definition) is 4. The molecule has 1 amide bonds. The maximum atomic E-state index is 12.4. The Balaban J connectivity index is 1.83. The van der Waals surface area contributed by atoms with Crippen molar-refractivity contribution >= 4 is 29.1 Å². The molecule has 0 aliphatic carbocycles. The number of carbonyl (C=O) groups is 1. The Morgan fingerprint density at radius 3 is 2.70 bits per heavy atom. The minimum absolute atomic E-state index is 0.0683. The SMILES string of the molecule is CCOCCCNC(=O)c1ccc2c(c1)N=C(C)c1c(C)ccc(C)c1S2. The summed E-state index contributed by atoms with van der Waals surface area (Å²) in [5.74, 6) is -0.0683. The first-order valence-electron chi connectivity index (χ1n) is 9.35. The van der Waals surface area contributed by atoms with Crippen LogP contribution in [0.15, 0.2) is 45.1 Å². The lowest BCUT2D eigenvalue weighted by Crippen LogP contribution is -2.25. The highest BCUT2D eigenvalue weighted by molar-refractivity contribution is 7.99. The van der Waals surface area contributed by atoms with E-state index in [1.807, 2.05) is 32.0 Å². The van der Waals surface area contributed by atoms with E-state index in [1.165, 1.54) is 21.6 Å². The van der Waals surface area contributed by atoms with Gasteiger partial charge >= 0.3 is 0 Å². The molecule has 0 saturated heterocycles. The average Bonchev–Trinajstić information content (AvgIpc) is 2.80. The van der Waals surface area contributed by atoms with E-state index in [0.717, 1.165) is 22.7 Å². The number of hydrogen-bond donors (Lipinski definition) is 1. The molecule has 0 fully saturated rings. The quantitative estimate of drug-likeness (QED) is 0.710. The fourth-order valence-electron chi connectivity index (χ4n) is 3.17. The van der Waals surface area contributed by atoms with Crippen LogP contribution in [-0.4, -0.2) is 31.4 Å². The molecule has 5 heteroatoms. The molecule has 0 atom stereocenters. The molecule has 3 rings (SSSR count). The monoisotopic (exact) mass is 382 g/mol. The van der Waals surface area contributed by atoms with Crippen LogP contribution in [0, 0.1) is 13.8 Å². The Morgan fingerprint density at radius 2 is 1.93 bits per heavy atom. The Bertz CT molecular complexity index is 890. The van der Waals surface area contributed by atoms with Gasteiger partial charge in [0.15, 0.2) is 0 Å². The van der Waals surface area contributed by atoms with Crippen molar-refractivity contribution in [2.75, 3.05) is 19.8 Å². The number of rotatable bonds is 6. The molecule has 1 heterocycles. The summed E-state index contributed by atoms with van der Waals surface area (Å²) in [6.45, 7) is 10.2. The van der Waals surface area contributed by atoms with Gasteiger partial charge in [-0.2, -0.15) is 0 Å². The molecule has 0 bridgehead atoms. The van der Waals surface area contributed by atoms with E-state index in [4.69, 9.17) is 9.73 Å². The molecule has 0 aromatic heterocycles. The summed E-state index contributed by atoms with van der Waals surface area (Å²) in [7, 11) is 0. The first kappa shape index (κ1) is 19.6. The Morgan fingerprint density at radius 1 is 1.15 bits per heavy atom. The van der Waals surface area contributed by atoms with Crippen molar-refractivity contribution in [3.63, 3.8) is 0 Å². The van der Waals surface area contributed by atoms with E-state index in [0.29, 0.717) is 25.3 Å². The molecule has 2 aromatic rings. The predicted molar refractivity (Wildman–Crippen MR) is 112 cm³/mol. The third-order valence-corrected chi connectivity index (χ3v) is 5.90. The number of aliphatic imine (C=N–C) groups is 1. The van der Waals surface area contributed by atoms with Crippen LogP contribution in [-0.2, 0) is 4.74 Å². The van der Waals surface area contributed by atoms with Gasteiger partial charge < -0.3 is 10.1 Å². The van der Waals surface area contributed by atoms with Gasteiger partial charge in [-0.05, 0) is 63.4 Å². The standard InChI is InChI=1S/C22H26N2O2S/c1-5-26-12-6-11-23-22(25)17-9-10-19-18(13-17)24-16(4)20-14(2)7-8-15(3)21(20)27-19/h7-10,13H,5-6,11-12H2,1-4H3,(H,23,25). The normalized spacial score (nSPS) is 12.7. The first-order valence-corrected chi connectivity index (χ1v) is 10.2. The molecule has 27 heavy (non-hydrogen) atoms. The maximum absolute atomic E-state index is 12.4. The molecule has 0 saturated carbocycles. The summed E-state index contributed by atoms with van der Waals surface area (Å²) < 4.78 is 5.30. The number of nitrogens with zero attached hydrogens (tertiary/aromatic N) is 1. The fraction of sp³-hybridized carbons (Fsp3) is 0.364. The molecule has 4 nitrogen and oxygen atoms in total. The highest BCUT2D eigenvalue weighted by Crippen LogP contribution is 2.43. The van der Waals surface area contributed by atoms with Crippen molar-refractivity contribution in [2.24, 2.45) is 4.99 Å². The van der Waals surface area contributed by atoms with E-state index >= 15 is 0 Å². The molecule has 1 aliphatic heterocycles. The molecular formula is C22H26N2O2S. The first-order chi connectivity index (χ1) is 13.0. The highest BCUT2D eigenvalue weighted by Gasteiger charge is 2.19. The van der Waals surface area contributed by atoms with Crippen LogP contribution in [0.1, 0.15) is 47.3 Å². The average molecular weight is 383 g/mol. The third kappa shape index (κ3) is 4.42. The number of carbonyl (C=O) groups excluding carboxylic acids is 1. The van der Waals surface area contributed by atoms with Crippen molar-refractivity contribution in [2.45, 2.75) is 43.9 Å². The van der Waals surface area contributed by atoms with E-state index in [-0.39, 0.29) is 5.91 Å². The van der Waals surface area contributed by atoms with Crippen molar-refractivity contribution in [3.05, 3.63) is 52.6 Å². The van der Waals surface area contributed by atoms with Gasteiger partial charge in [0.05, 0.1) is 5.69 Å². The second kappa shape index (κ2) is 8.72. The van der Waals surface area contributed by atoms with Gasteiger partial charge in [0.25, 0.3) is 5.91 Å². The molecular weight excluding hydrogens is 356 g/mol. The van der Waals surface area contributed by atoms with E-state index in [9.17, 15) is 4.79 Å². The fourth-order valence-corrected chi connectivity index (χ4v) is 4.37. The lowest BCUT2D eigenvalue weighted by Gasteiger charge is -2.12. The zero-order valence-corrected chi connectivity index (χ0v) is 17.2. The Hall–Kier alpha value is -2.11. The number of aryl methyl sites for hydroxylation is 2. The summed E-state index contributed by atoms with van der Waals surface area (Å²) in [4.78, 5) is 19.6. The lowest BCUT2D eigenvalue weighted by atomic mass is 10.0. The largest absolute Gasteiger partial charge is 0.382 e. The smallest absolute Gasteiger partial charge is 0.251 e. The summed E-state index contributed by atoms with van der Waals surface area (Å²) in [6.07, 6.45) is 0.811. The molecule has 2 aromatic carbocycles. The van der Waals surface area contributed by atoms with Gasteiger partial charge in [0, 0.05) is 46.4 Å². The number of amides is 1. The van der Waals surface area contributed by atoms with Gasteiger partial charge in [-0.1, -0.05) is 23.9 Å². The number of nitrogens with one attached hydrogen (secondary N) is 1. The van der Waals surface area contributed by atoms with Crippen LogP contribution >= 0.6 is 11.8 Å². The summed E-state index contributed by atoms with van der Waals surface area (Å²) >= 11 is 1.73. The second-order valence-corrected chi connectivity index (χ2v) is 7.74. The zero-order valence-electron chi connectivity index (χ0n) is 16.4. The van der Waals surface area contributed by atoms with Crippen LogP contribution in [0.5, 0.6) is 0 Å². The van der Waals surface area contributed by atoms with Crippen molar-refractivity contribution in [1.82, 2.24) is 5.32 Å². The molecule has 0 unspecified atom stereocenters. The van der Waals surface area contributed by atoms with Gasteiger partial charge in [-0.15, -0.1) is 0 Å². The van der Waals surface area contributed by atoms with Crippen LogP contribution in [0.25, 0.3) is 0 Å². The maximum Gasteiger partial charge on any atom is 0.251 e. The second-order valence-electron chi connectivity index (χ2n) is 6.69. The third-order valence-electron chi connectivity index (χ3n) is 4.60. The van der Waals surface area contributed by atoms with Gasteiger partial charge in [0.1, 0.15) is 0 Å². The molecule has 142 valence electrons. The van der Waals surface area contributed by atoms with Crippen LogP contribution in [0.3, 0.4) is 0 Å². The molecule has 0 radical (unpaired) electrons. The van der Waals surface area contributed by atoms with Gasteiger partial charge in [-0.3, -0.25) is 9.79 Å². The molecule has 1 N–H and O–H groups in total. The number of benzene rings is 2. The topological polar surface area (TPSA) is 50.7 Å². The van der Waals surface area contributed by atoms with Crippen molar-refractivity contribution < 1.29 is 9.53 Å². The molecule has 0 spiro atoms. The summed E-state index contributed by atoms with van der Waals surface area (Å²) in [6, 6.07) is 10.1. The summed E-state index contributed by atoms with van der Waals surface area (Å²) in [5.41, 5.74) is 6.17. The number of fused-ring (bicyclic) bond motifs is 2. The Kier molecular flexibility index (Phi) is 6.34. The van der Waals surface area contributed by atoms with Crippen LogP contribution in [0.2, 0.25) is 0 Å². The van der Waals surface area contributed by atoms with Crippen LogP contribution < -0.4 is 5.32 Å². The van der Waals surface area contributed by atoms with Gasteiger partial charge in [0.2, 0.25) is 0 Å². The Labute approximate surface area is 165 Å². The summed E-state index contributed by atoms with van der Waals surface area (Å²) in [5, 5.41) is 2.95. The van der Waals surface area contributed by atoms with E-state index in [1.54, 1.807) is 11.8 Å². The molecule has 1 aliphatic rings. The zero-order chi connectivity index (χ0) is 19.4. The van der Waals surface area contributed by atoms with E-state index in [2.05, 4.69) is 31.3 Å². The minimum Gasteiger partial charge on any atom is -0.382 e. The lowest BCUT2D eigenvalue weighted by molar-refractivity contribution is 0.0944. The van der Waals surface area contributed by atoms with E-state index < -0.39 is 0 Å². The van der Waals surface area contributed by atoms with Gasteiger partial charge in [-0.25, -0.2) is 0 Å². The number of ether oxygens (including phenoxy) is 1. The predicted octanol–water partition coefficient (Wildman–Crippen LogP) is 5.07. The highest BCUT2D eigenvalue weighted by atomic mass is 32.2. The minimum atomic E-state index is -0.0683. The van der Waals surface area contributed by atoms with Crippen LogP contribution in [0.4, 0.5) is 5.69 Å². The van der Waals surface area contributed by atoms with Crippen molar-refractivity contribution in [3.8, 4) is 0 Å². The van der Waals surface area contributed by atoms with Crippen molar-refractivity contribution in [1.29, 1.82) is 0 Å².